The molecule has 2 rings (SSSR count). The number of hydrogen-bond acceptors (Lipinski definition) is 1. The summed E-state index contributed by atoms with van der Waals surface area (Å²) in [6.07, 6.45) is 5.32. The van der Waals surface area contributed by atoms with Gasteiger partial charge in [0.25, 0.3) is 0 Å². The zero-order chi connectivity index (χ0) is 10.7. The van der Waals surface area contributed by atoms with Gasteiger partial charge in [0.15, 0.2) is 0 Å². The van der Waals surface area contributed by atoms with Crippen molar-refractivity contribution in [1.29, 1.82) is 0 Å². The predicted molar refractivity (Wildman–Crippen MR) is 65.2 cm³/mol. The van der Waals surface area contributed by atoms with Crippen molar-refractivity contribution in [2.24, 2.45) is 0 Å². The monoisotopic (exact) mass is 223 g/mol. The van der Waals surface area contributed by atoms with Crippen LogP contribution in [0.15, 0.2) is 24.3 Å². The van der Waals surface area contributed by atoms with Gasteiger partial charge in [-0.05, 0) is 37.5 Å². The summed E-state index contributed by atoms with van der Waals surface area (Å²) in [5.41, 5.74) is 1.62. The van der Waals surface area contributed by atoms with E-state index in [1.54, 1.807) is 0 Å². The van der Waals surface area contributed by atoms with E-state index >= 15 is 0 Å². The molecule has 1 aromatic rings. The zero-order valence-electron chi connectivity index (χ0n) is 9.22. The molecule has 2 heteroatoms. The molecule has 0 aliphatic heterocycles. The average Bonchev–Trinajstić information content (AvgIpc) is 2.63. The van der Waals surface area contributed by atoms with Gasteiger partial charge in [-0.2, -0.15) is 0 Å². The van der Waals surface area contributed by atoms with Crippen molar-refractivity contribution in [2.45, 2.75) is 44.7 Å². The molecule has 1 aliphatic rings. The Morgan fingerprint density at radius 2 is 2.07 bits per heavy atom. The van der Waals surface area contributed by atoms with E-state index in [9.17, 15) is 0 Å². The molecule has 1 N–H and O–H groups in total. The summed E-state index contributed by atoms with van der Waals surface area (Å²) in [7, 11) is 0. The molecule has 0 unspecified atom stereocenters. The summed E-state index contributed by atoms with van der Waals surface area (Å²) in [6, 6.07) is 8.09. The Bertz CT molecular complexity index is 329. The van der Waals surface area contributed by atoms with Gasteiger partial charge in [-0.15, -0.1) is 0 Å². The van der Waals surface area contributed by atoms with Crippen LogP contribution in [0, 0.1) is 0 Å². The lowest BCUT2D eigenvalue weighted by Gasteiger charge is -2.25. The maximum Gasteiger partial charge on any atom is 0.0409 e. The molecule has 0 spiro atoms. The van der Waals surface area contributed by atoms with Gasteiger partial charge in [-0.3, -0.25) is 0 Å². The second-order valence-electron chi connectivity index (χ2n) is 4.75. The van der Waals surface area contributed by atoms with E-state index < -0.39 is 0 Å². The predicted octanol–water partition coefficient (Wildman–Crippen LogP) is 3.76. The maximum absolute atomic E-state index is 5.95. The fourth-order valence-electron chi connectivity index (χ4n) is 2.29. The standard InChI is InChI=1S/C13H18ClN/c1-13(7-2-3-8-13)15-10-11-5-4-6-12(14)9-11/h4-6,9,15H,2-3,7-8,10H2,1H3. The normalized spacial score (nSPS) is 19.3. The Morgan fingerprint density at radius 3 is 2.73 bits per heavy atom. The van der Waals surface area contributed by atoms with Crippen molar-refractivity contribution >= 4 is 11.6 Å². The highest BCUT2D eigenvalue weighted by Crippen LogP contribution is 2.29. The zero-order valence-corrected chi connectivity index (χ0v) is 9.98. The van der Waals surface area contributed by atoms with Gasteiger partial charge in [-0.25, -0.2) is 0 Å². The third-order valence-corrected chi connectivity index (χ3v) is 3.55. The minimum absolute atomic E-state index is 0.350. The Labute approximate surface area is 96.8 Å². The van der Waals surface area contributed by atoms with Crippen molar-refractivity contribution in [3.05, 3.63) is 34.9 Å². The average molecular weight is 224 g/mol. The topological polar surface area (TPSA) is 12.0 Å². The summed E-state index contributed by atoms with van der Waals surface area (Å²) in [4.78, 5) is 0. The number of hydrogen-bond donors (Lipinski definition) is 1. The summed E-state index contributed by atoms with van der Waals surface area (Å²) in [6.45, 7) is 3.25. The summed E-state index contributed by atoms with van der Waals surface area (Å²) < 4.78 is 0. The molecule has 0 heterocycles. The highest BCUT2D eigenvalue weighted by atomic mass is 35.5. The SMILES string of the molecule is CC1(NCc2cccc(Cl)c2)CCCC1. The van der Waals surface area contributed by atoms with Crippen LogP contribution in [0.25, 0.3) is 0 Å². The first-order valence-corrected chi connectivity index (χ1v) is 6.05. The second-order valence-corrected chi connectivity index (χ2v) is 5.19. The van der Waals surface area contributed by atoms with Crippen LogP contribution in [-0.2, 0) is 6.54 Å². The van der Waals surface area contributed by atoms with Gasteiger partial charge < -0.3 is 5.32 Å². The third kappa shape index (κ3) is 2.96. The van der Waals surface area contributed by atoms with Gasteiger partial charge in [0.05, 0.1) is 0 Å². The molecular weight excluding hydrogens is 206 g/mol. The van der Waals surface area contributed by atoms with E-state index in [4.69, 9.17) is 11.6 Å². The molecule has 1 nitrogen and oxygen atoms in total. The molecule has 1 fully saturated rings. The Balaban J connectivity index is 1.92. The molecule has 0 atom stereocenters. The molecule has 15 heavy (non-hydrogen) atoms. The molecule has 1 aliphatic carbocycles. The number of nitrogens with one attached hydrogen (secondary N) is 1. The van der Waals surface area contributed by atoms with Crippen LogP contribution in [0.5, 0.6) is 0 Å². The molecule has 1 aromatic carbocycles. The molecule has 82 valence electrons. The maximum atomic E-state index is 5.95. The molecule has 0 amide bonds. The fraction of sp³-hybridized carbons (Fsp3) is 0.538. The van der Waals surface area contributed by atoms with Crippen molar-refractivity contribution in [2.75, 3.05) is 0 Å². The lowest BCUT2D eigenvalue weighted by Crippen LogP contribution is -2.38. The van der Waals surface area contributed by atoms with Crippen LogP contribution in [-0.4, -0.2) is 5.54 Å². The molecule has 0 saturated heterocycles. The van der Waals surface area contributed by atoms with E-state index in [2.05, 4.69) is 18.3 Å². The Kier molecular flexibility index (Phi) is 3.32. The van der Waals surface area contributed by atoms with Crippen LogP contribution in [0.3, 0.4) is 0 Å². The quantitative estimate of drug-likeness (QED) is 0.823. The summed E-state index contributed by atoms with van der Waals surface area (Å²) in [5, 5.41) is 4.47. The molecular formula is C13H18ClN. The number of rotatable bonds is 3. The molecule has 0 bridgehead atoms. The Hall–Kier alpha value is -0.530. The highest BCUT2D eigenvalue weighted by Gasteiger charge is 2.27. The second kappa shape index (κ2) is 4.54. The van der Waals surface area contributed by atoms with Crippen molar-refractivity contribution in [3.63, 3.8) is 0 Å². The van der Waals surface area contributed by atoms with Crippen LogP contribution >= 0.6 is 11.6 Å². The van der Waals surface area contributed by atoms with E-state index in [0.717, 1.165) is 11.6 Å². The first-order chi connectivity index (χ1) is 7.18. The van der Waals surface area contributed by atoms with Crippen molar-refractivity contribution < 1.29 is 0 Å². The van der Waals surface area contributed by atoms with Crippen LogP contribution in [0.1, 0.15) is 38.2 Å². The largest absolute Gasteiger partial charge is 0.307 e. The van der Waals surface area contributed by atoms with E-state index in [0.29, 0.717) is 5.54 Å². The third-order valence-electron chi connectivity index (χ3n) is 3.32. The van der Waals surface area contributed by atoms with Crippen molar-refractivity contribution in [3.8, 4) is 0 Å². The number of halogens is 1. The van der Waals surface area contributed by atoms with E-state index in [-0.39, 0.29) is 0 Å². The smallest absolute Gasteiger partial charge is 0.0409 e. The van der Waals surface area contributed by atoms with Gasteiger partial charge in [-0.1, -0.05) is 36.6 Å². The van der Waals surface area contributed by atoms with Gasteiger partial charge in [0.1, 0.15) is 0 Å². The van der Waals surface area contributed by atoms with Gasteiger partial charge >= 0.3 is 0 Å². The van der Waals surface area contributed by atoms with E-state index in [1.807, 2.05) is 18.2 Å². The van der Waals surface area contributed by atoms with Gasteiger partial charge in [0.2, 0.25) is 0 Å². The van der Waals surface area contributed by atoms with Gasteiger partial charge in [0, 0.05) is 17.1 Å². The highest BCUT2D eigenvalue weighted by molar-refractivity contribution is 6.30. The van der Waals surface area contributed by atoms with Crippen LogP contribution < -0.4 is 5.32 Å². The molecule has 0 aromatic heterocycles. The van der Waals surface area contributed by atoms with E-state index in [1.165, 1.54) is 31.2 Å². The lowest BCUT2D eigenvalue weighted by atomic mass is 10.0. The van der Waals surface area contributed by atoms with Crippen molar-refractivity contribution in [1.82, 2.24) is 5.32 Å². The first kappa shape index (κ1) is 11.0. The molecule has 1 saturated carbocycles. The fourth-order valence-corrected chi connectivity index (χ4v) is 2.51. The summed E-state index contributed by atoms with van der Waals surface area (Å²) >= 11 is 5.95. The minimum atomic E-state index is 0.350. The van der Waals surface area contributed by atoms with Crippen LogP contribution in [0.4, 0.5) is 0 Å². The molecule has 0 radical (unpaired) electrons. The van der Waals surface area contributed by atoms with Crippen LogP contribution in [0.2, 0.25) is 5.02 Å². The number of benzene rings is 1. The Morgan fingerprint density at radius 1 is 1.33 bits per heavy atom. The summed E-state index contributed by atoms with van der Waals surface area (Å²) in [5.74, 6) is 0. The minimum Gasteiger partial charge on any atom is -0.307 e. The lowest BCUT2D eigenvalue weighted by molar-refractivity contribution is 0.363. The first-order valence-electron chi connectivity index (χ1n) is 5.67.